The zero-order chi connectivity index (χ0) is 20.0. The molecular weight excluding hydrogens is 379 g/mol. The molecule has 2 rings (SSSR count). The maximum Gasteiger partial charge on any atom is 0.312 e. The molecule has 9 heteroatoms. The van der Waals surface area contributed by atoms with Crippen LogP contribution in [0.4, 0.5) is 10.1 Å². The van der Waals surface area contributed by atoms with Gasteiger partial charge in [0.2, 0.25) is 0 Å². The van der Waals surface area contributed by atoms with Crippen molar-refractivity contribution in [1.82, 2.24) is 4.90 Å². The highest BCUT2D eigenvalue weighted by Crippen LogP contribution is 2.30. The average molecular weight is 397 g/mol. The Morgan fingerprint density at radius 3 is 2.56 bits per heavy atom. The third kappa shape index (κ3) is 5.30. The van der Waals surface area contributed by atoms with E-state index in [0.717, 1.165) is 6.07 Å². The largest absolute Gasteiger partial charge is 0.494 e. The van der Waals surface area contributed by atoms with E-state index in [2.05, 4.69) is 0 Å². The molecule has 0 saturated carbocycles. The minimum absolute atomic E-state index is 0.0516. The van der Waals surface area contributed by atoms with Crippen molar-refractivity contribution in [3.63, 3.8) is 0 Å². The number of rotatable bonds is 8. The van der Waals surface area contributed by atoms with Crippen LogP contribution in [0.2, 0.25) is 5.02 Å². The summed E-state index contributed by atoms with van der Waals surface area (Å²) in [5.41, 5.74) is 0.261. The van der Waals surface area contributed by atoms with Gasteiger partial charge in [0.05, 0.1) is 12.0 Å². The van der Waals surface area contributed by atoms with E-state index in [1.54, 1.807) is 13.0 Å². The minimum atomic E-state index is -0.636. The van der Waals surface area contributed by atoms with Gasteiger partial charge >= 0.3 is 5.69 Å². The first-order valence-corrected chi connectivity index (χ1v) is 8.40. The van der Waals surface area contributed by atoms with Gasteiger partial charge in [0.25, 0.3) is 5.91 Å². The van der Waals surface area contributed by atoms with E-state index in [4.69, 9.17) is 21.1 Å². The fourth-order valence-corrected chi connectivity index (χ4v) is 2.56. The molecule has 0 unspecified atom stereocenters. The summed E-state index contributed by atoms with van der Waals surface area (Å²) in [6, 6.07) is 8.35. The molecule has 0 spiro atoms. The van der Waals surface area contributed by atoms with E-state index in [0.29, 0.717) is 12.1 Å². The van der Waals surface area contributed by atoms with E-state index in [9.17, 15) is 19.3 Å². The first-order chi connectivity index (χ1) is 12.8. The van der Waals surface area contributed by atoms with Crippen molar-refractivity contribution in [3.8, 4) is 11.5 Å². The van der Waals surface area contributed by atoms with Crippen LogP contribution in [-0.2, 0) is 11.3 Å². The number of hydrogen-bond acceptors (Lipinski definition) is 5. The molecule has 0 bridgehead atoms. The molecule has 0 radical (unpaired) electrons. The summed E-state index contributed by atoms with van der Waals surface area (Å²) in [6.07, 6.45) is 0. The van der Waals surface area contributed by atoms with Crippen molar-refractivity contribution in [1.29, 1.82) is 0 Å². The number of carbonyl (C=O) groups is 1. The number of likely N-dealkylation sites (N-methyl/N-ethyl adjacent to an activating group) is 1. The average Bonchev–Trinajstić information content (AvgIpc) is 2.64. The van der Waals surface area contributed by atoms with Gasteiger partial charge in [-0.2, -0.15) is 0 Å². The number of nitro benzene ring substituents is 1. The molecule has 0 heterocycles. The summed E-state index contributed by atoms with van der Waals surface area (Å²) in [5, 5.41) is 11.3. The molecule has 0 aromatic heterocycles. The highest BCUT2D eigenvalue weighted by atomic mass is 35.5. The highest BCUT2D eigenvalue weighted by molar-refractivity contribution is 6.30. The zero-order valence-corrected chi connectivity index (χ0v) is 15.5. The Labute approximate surface area is 160 Å². The smallest absolute Gasteiger partial charge is 0.312 e. The lowest BCUT2D eigenvalue weighted by molar-refractivity contribution is -0.385. The Balaban J connectivity index is 2.05. The summed E-state index contributed by atoms with van der Waals surface area (Å²) in [7, 11) is 1.37. The van der Waals surface area contributed by atoms with Crippen LogP contribution in [0.3, 0.4) is 0 Å². The normalized spacial score (nSPS) is 10.4. The summed E-state index contributed by atoms with van der Waals surface area (Å²) in [6.45, 7) is 1.90. The van der Waals surface area contributed by atoms with Crippen molar-refractivity contribution in [3.05, 3.63) is 62.9 Å². The number of methoxy groups -OCH3 is 1. The monoisotopic (exact) mass is 396 g/mol. The molecule has 0 aliphatic carbocycles. The van der Waals surface area contributed by atoms with Crippen LogP contribution in [-0.4, -0.2) is 36.0 Å². The van der Waals surface area contributed by atoms with Gasteiger partial charge in [-0.3, -0.25) is 14.9 Å². The van der Waals surface area contributed by atoms with Crippen molar-refractivity contribution >= 4 is 23.2 Å². The van der Waals surface area contributed by atoms with Gasteiger partial charge < -0.3 is 14.4 Å². The lowest BCUT2D eigenvalue weighted by atomic mass is 10.2. The molecule has 27 heavy (non-hydrogen) atoms. The Morgan fingerprint density at radius 1 is 1.26 bits per heavy atom. The number of benzene rings is 2. The molecule has 7 nitrogen and oxygen atoms in total. The second-order valence-electron chi connectivity index (χ2n) is 5.53. The van der Waals surface area contributed by atoms with Gasteiger partial charge in [0, 0.05) is 24.2 Å². The predicted octanol–water partition coefficient (Wildman–Crippen LogP) is 3.82. The molecule has 0 saturated heterocycles. The van der Waals surface area contributed by atoms with E-state index in [1.165, 1.54) is 36.3 Å². The van der Waals surface area contributed by atoms with E-state index in [-0.39, 0.29) is 28.8 Å². The summed E-state index contributed by atoms with van der Waals surface area (Å²) >= 11 is 5.75. The van der Waals surface area contributed by atoms with Crippen LogP contribution in [0.5, 0.6) is 11.5 Å². The third-order valence-corrected chi connectivity index (χ3v) is 4.03. The number of carbonyl (C=O) groups excluding carboxylic acids is 1. The summed E-state index contributed by atoms with van der Waals surface area (Å²) in [4.78, 5) is 24.3. The third-order valence-electron chi connectivity index (χ3n) is 3.79. The number of halogens is 2. The van der Waals surface area contributed by atoms with Gasteiger partial charge in [-0.1, -0.05) is 17.7 Å². The Hall–Kier alpha value is -2.87. The number of nitro groups is 1. The van der Waals surface area contributed by atoms with Gasteiger partial charge in [0.1, 0.15) is 0 Å². The second-order valence-corrected chi connectivity index (χ2v) is 5.97. The van der Waals surface area contributed by atoms with E-state index in [1.807, 2.05) is 0 Å². The van der Waals surface area contributed by atoms with E-state index >= 15 is 0 Å². The number of nitrogens with zero attached hydrogens (tertiary/aromatic N) is 2. The number of amides is 1. The van der Waals surface area contributed by atoms with Crippen LogP contribution in [0, 0.1) is 15.9 Å². The van der Waals surface area contributed by atoms with Crippen LogP contribution < -0.4 is 9.47 Å². The second kappa shape index (κ2) is 9.18. The molecule has 144 valence electrons. The van der Waals surface area contributed by atoms with Gasteiger partial charge in [-0.15, -0.1) is 0 Å². The van der Waals surface area contributed by atoms with Crippen LogP contribution in [0.15, 0.2) is 36.4 Å². The fraction of sp³-hybridized carbons (Fsp3) is 0.278. The molecule has 2 aromatic carbocycles. The SMILES string of the molecule is CCN(Cc1ccc(OC)c(F)c1)C(=O)COc1ccc(Cl)cc1[N+](=O)[O-]. The Morgan fingerprint density at radius 2 is 1.96 bits per heavy atom. The van der Waals surface area contributed by atoms with Crippen molar-refractivity contribution in [2.75, 3.05) is 20.3 Å². The molecule has 2 aromatic rings. The number of hydrogen-bond donors (Lipinski definition) is 0. The Bertz CT molecular complexity index is 846. The van der Waals surface area contributed by atoms with Crippen LogP contribution >= 0.6 is 11.6 Å². The minimum Gasteiger partial charge on any atom is -0.494 e. The predicted molar refractivity (Wildman–Crippen MR) is 97.6 cm³/mol. The van der Waals surface area contributed by atoms with Crippen molar-refractivity contribution in [2.45, 2.75) is 13.5 Å². The molecule has 0 fully saturated rings. The quantitative estimate of drug-likeness (QED) is 0.500. The van der Waals surface area contributed by atoms with Gasteiger partial charge in [-0.25, -0.2) is 4.39 Å². The maximum absolute atomic E-state index is 13.8. The van der Waals surface area contributed by atoms with Crippen molar-refractivity contribution in [2.24, 2.45) is 0 Å². The maximum atomic E-state index is 13.8. The molecule has 1 amide bonds. The summed E-state index contributed by atoms with van der Waals surface area (Å²) in [5.74, 6) is -0.847. The topological polar surface area (TPSA) is 81.9 Å². The van der Waals surface area contributed by atoms with Gasteiger partial charge in [-0.05, 0) is 36.8 Å². The Kier molecular flexibility index (Phi) is 6.95. The van der Waals surface area contributed by atoms with Gasteiger partial charge in [0.15, 0.2) is 23.9 Å². The lowest BCUT2D eigenvalue weighted by Gasteiger charge is -2.21. The molecule has 0 atom stereocenters. The molecule has 0 aliphatic rings. The molecule has 0 N–H and O–H groups in total. The molecule has 0 aliphatic heterocycles. The van der Waals surface area contributed by atoms with E-state index < -0.39 is 23.3 Å². The standard InChI is InChI=1S/C18H18ClFN2O5/c1-3-21(10-12-4-6-16(26-2)14(20)8-12)18(23)11-27-17-7-5-13(19)9-15(17)22(24)25/h4-9H,3,10-11H2,1-2H3. The zero-order valence-electron chi connectivity index (χ0n) is 14.8. The highest BCUT2D eigenvalue weighted by Gasteiger charge is 2.19. The lowest BCUT2D eigenvalue weighted by Crippen LogP contribution is -2.34. The molecular formula is C18H18ClFN2O5. The summed E-state index contributed by atoms with van der Waals surface area (Å²) < 4.78 is 24.0. The first kappa shape index (κ1) is 20.4. The van der Waals surface area contributed by atoms with Crippen molar-refractivity contribution < 1.29 is 23.6 Å². The first-order valence-electron chi connectivity index (χ1n) is 8.02. The van der Waals surface area contributed by atoms with Crippen LogP contribution in [0.1, 0.15) is 12.5 Å². The van der Waals surface area contributed by atoms with Crippen LogP contribution in [0.25, 0.3) is 0 Å². The fourth-order valence-electron chi connectivity index (χ4n) is 2.39. The number of ether oxygens (including phenoxy) is 2.